The van der Waals surface area contributed by atoms with Gasteiger partial charge in [0.1, 0.15) is 22.8 Å². The second-order valence-electron chi connectivity index (χ2n) is 13.3. The van der Waals surface area contributed by atoms with Gasteiger partial charge in [-0.1, -0.05) is 51.0 Å². The van der Waals surface area contributed by atoms with E-state index in [-0.39, 0.29) is 36.3 Å². The van der Waals surface area contributed by atoms with E-state index in [2.05, 4.69) is 0 Å². The molecule has 2 aromatic rings. The van der Waals surface area contributed by atoms with Crippen molar-refractivity contribution in [1.82, 2.24) is 0 Å². The summed E-state index contributed by atoms with van der Waals surface area (Å²) < 4.78 is 37.9. The Morgan fingerprint density at radius 2 is 1.23 bits per heavy atom. The standard InChI is InChI=1S/C18H27FO3.C18H25FO3/c2*1-6-8-13(11-16(20)22-18(3,4)5)17(21)14-9-7-10-15(19)12(14)2/h7,9-10,13,17,21H,6,8,11H2,1-5H3;7,9-10,13H,6,8,11H2,1-5H3/t13-,17+;13-/m00/s1. The molecule has 0 amide bonds. The van der Waals surface area contributed by atoms with Crippen molar-refractivity contribution in [3.05, 3.63) is 70.3 Å². The molecular formula is C36H52F2O6. The molecule has 3 atom stereocenters. The van der Waals surface area contributed by atoms with Gasteiger partial charge in [-0.15, -0.1) is 0 Å². The van der Waals surface area contributed by atoms with Gasteiger partial charge < -0.3 is 14.6 Å². The van der Waals surface area contributed by atoms with Crippen LogP contribution in [0.2, 0.25) is 0 Å². The van der Waals surface area contributed by atoms with Crippen molar-refractivity contribution in [2.75, 3.05) is 0 Å². The highest BCUT2D eigenvalue weighted by Gasteiger charge is 2.28. The molecule has 0 saturated heterocycles. The van der Waals surface area contributed by atoms with Crippen molar-refractivity contribution in [2.24, 2.45) is 11.8 Å². The number of hydrogen-bond acceptors (Lipinski definition) is 6. The van der Waals surface area contributed by atoms with Gasteiger partial charge in [-0.25, -0.2) is 8.78 Å². The maximum Gasteiger partial charge on any atom is 0.307 e. The molecule has 0 aromatic heterocycles. The maximum absolute atomic E-state index is 13.7. The molecule has 0 aliphatic carbocycles. The molecule has 1 N–H and O–H groups in total. The zero-order valence-corrected chi connectivity index (χ0v) is 28.2. The number of esters is 2. The number of hydrogen-bond donors (Lipinski definition) is 1. The second-order valence-corrected chi connectivity index (χ2v) is 13.3. The molecule has 0 fully saturated rings. The first-order valence-corrected chi connectivity index (χ1v) is 15.5. The summed E-state index contributed by atoms with van der Waals surface area (Å²) in [6, 6.07) is 9.12. The molecule has 0 aliphatic heterocycles. The van der Waals surface area contributed by atoms with Gasteiger partial charge in [0.05, 0.1) is 18.9 Å². The number of rotatable bonds is 12. The van der Waals surface area contributed by atoms with E-state index >= 15 is 0 Å². The summed E-state index contributed by atoms with van der Waals surface area (Å²) in [6.45, 7) is 18.0. The number of aliphatic hydroxyl groups excluding tert-OH is 1. The molecule has 0 spiro atoms. The summed E-state index contributed by atoms with van der Waals surface area (Å²) >= 11 is 0. The zero-order valence-electron chi connectivity index (χ0n) is 28.2. The third-order valence-corrected chi connectivity index (χ3v) is 6.96. The van der Waals surface area contributed by atoms with E-state index in [1.165, 1.54) is 18.2 Å². The number of carbonyl (C=O) groups excluding carboxylic acids is 3. The molecular weight excluding hydrogens is 566 g/mol. The van der Waals surface area contributed by atoms with Crippen LogP contribution in [0.3, 0.4) is 0 Å². The number of aliphatic hydroxyl groups is 1. The van der Waals surface area contributed by atoms with Gasteiger partial charge in [0.15, 0.2) is 5.78 Å². The van der Waals surface area contributed by atoms with Crippen LogP contribution in [0.25, 0.3) is 0 Å². The molecule has 0 bridgehead atoms. The van der Waals surface area contributed by atoms with Crippen LogP contribution in [0.5, 0.6) is 0 Å². The monoisotopic (exact) mass is 618 g/mol. The van der Waals surface area contributed by atoms with Gasteiger partial charge >= 0.3 is 11.9 Å². The average molecular weight is 619 g/mol. The Balaban J connectivity index is 0.000000440. The Morgan fingerprint density at radius 1 is 0.750 bits per heavy atom. The highest BCUT2D eigenvalue weighted by molar-refractivity contribution is 6.00. The van der Waals surface area contributed by atoms with E-state index in [0.29, 0.717) is 35.1 Å². The lowest BCUT2D eigenvalue weighted by Gasteiger charge is -2.26. The Kier molecular flexibility index (Phi) is 15.4. The minimum absolute atomic E-state index is 0.0277. The average Bonchev–Trinajstić information content (AvgIpc) is 2.89. The van der Waals surface area contributed by atoms with Crippen LogP contribution in [-0.4, -0.2) is 34.0 Å². The van der Waals surface area contributed by atoms with Crippen molar-refractivity contribution >= 4 is 17.7 Å². The number of halogens is 2. The number of Topliss-reactive ketones (excluding diaryl/α,β-unsaturated/α-hetero) is 1. The Hall–Kier alpha value is -3.13. The number of ether oxygens (including phenoxy) is 2. The van der Waals surface area contributed by atoms with E-state index in [4.69, 9.17) is 9.47 Å². The van der Waals surface area contributed by atoms with Crippen molar-refractivity contribution in [1.29, 1.82) is 0 Å². The lowest BCUT2D eigenvalue weighted by molar-refractivity contribution is -0.157. The summed E-state index contributed by atoms with van der Waals surface area (Å²) in [5.41, 5.74) is 0.529. The van der Waals surface area contributed by atoms with Crippen molar-refractivity contribution < 1.29 is 37.7 Å². The summed E-state index contributed by atoms with van der Waals surface area (Å²) in [4.78, 5) is 36.6. The van der Waals surface area contributed by atoms with E-state index < -0.39 is 35.0 Å². The second kappa shape index (κ2) is 17.4. The predicted molar refractivity (Wildman–Crippen MR) is 169 cm³/mol. The molecule has 0 saturated carbocycles. The number of ketones is 1. The first kappa shape index (κ1) is 38.9. The minimum atomic E-state index is -0.872. The fraction of sp³-hybridized carbons (Fsp3) is 0.583. The first-order chi connectivity index (χ1) is 20.3. The van der Waals surface area contributed by atoms with Crippen LogP contribution in [0, 0.1) is 37.3 Å². The highest BCUT2D eigenvalue weighted by atomic mass is 19.1. The fourth-order valence-corrected chi connectivity index (χ4v) is 4.89. The molecule has 2 rings (SSSR count). The highest BCUT2D eigenvalue weighted by Crippen LogP contribution is 2.32. The maximum atomic E-state index is 13.7. The molecule has 44 heavy (non-hydrogen) atoms. The van der Waals surface area contributed by atoms with Crippen molar-refractivity contribution in [2.45, 2.75) is 125 Å². The summed E-state index contributed by atoms with van der Waals surface area (Å²) in [6.07, 6.45) is 2.14. The Bertz CT molecular complexity index is 1240. The third kappa shape index (κ3) is 13.2. The minimum Gasteiger partial charge on any atom is -0.460 e. The smallest absolute Gasteiger partial charge is 0.307 e. The van der Waals surface area contributed by atoms with Crippen LogP contribution in [0.4, 0.5) is 8.78 Å². The Morgan fingerprint density at radius 3 is 1.73 bits per heavy atom. The van der Waals surface area contributed by atoms with E-state index in [1.807, 2.05) is 34.6 Å². The normalized spacial score (nSPS) is 13.7. The Labute approximate surface area is 262 Å². The van der Waals surface area contributed by atoms with Crippen LogP contribution < -0.4 is 0 Å². The van der Waals surface area contributed by atoms with Gasteiger partial charge in [0.25, 0.3) is 0 Å². The molecule has 246 valence electrons. The van der Waals surface area contributed by atoms with Crippen LogP contribution in [0.15, 0.2) is 36.4 Å². The topological polar surface area (TPSA) is 89.9 Å². The molecule has 6 nitrogen and oxygen atoms in total. The summed E-state index contributed by atoms with van der Waals surface area (Å²) in [5.74, 6) is -2.42. The van der Waals surface area contributed by atoms with Gasteiger partial charge in [-0.2, -0.15) is 0 Å². The van der Waals surface area contributed by atoms with E-state index in [9.17, 15) is 28.3 Å². The quantitative estimate of drug-likeness (QED) is 0.189. The predicted octanol–water partition coefficient (Wildman–Crippen LogP) is 8.78. The van der Waals surface area contributed by atoms with Gasteiger partial charge in [0.2, 0.25) is 0 Å². The molecule has 8 heteroatoms. The summed E-state index contributed by atoms with van der Waals surface area (Å²) in [5, 5.41) is 10.6. The molecule has 0 unspecified atom stereocenters. The molecule has 0 heterocycles. The molecule has 0 radical (unpaired) electrons. The SMILES string of the molecule is CCC[C@@H](CC(=O)OC(C)(C)C)C(=O)c1cccc(F)c1C.CCC[C@@H](CC(=O)OC(C)(C)C)[C@@H](O)c1cccc(F)c1C. The zero-order chi connectivity index (χ0) is 33.8. The fourth-order valence-electron chi connectivity index (χ4n) is 4.89. The molecule has 2 aromatic carbocycles. The first-order valence-electron chi connectivity index (χ1n) is 15.5. The van der Waals surface area contributed by atoms with E-state index in [0.717, 1.165) is 12.8 Å². The largest absolute Gasteiger partial charge is 0.460 e. The third-order valence-electron chi connectivity index (χ3n) is 6.96. The number of benzene rings is 2. The lowest BCUT2D eigenvalue weighted by Crippen LogP contribution is -2.27. The van der Waals surface area contributed by atoms with Crippen molar-refractivity contribution in [3.63, 3.8) is 0 Å². The summed E-state index contributed by atoms with van der Waals surface area (Å²) in [7, 11) is 0. The van der Waals surface area contributed by atoms with Gasteiger partial charge in [0, 0.05) is 11.5 Å². The number of carbonyl (C=O) groups is 3. The van der Waals surface area contributed by atoms with Crippen LogP contribution in [0.1, 0.15) is 127 Å². The van der Waals surface area contributed by atoms with Gasteiger partial charge in [-0.05, 0) is 103 Å². The van der Waals surface area contributed by atoms with Crippen LogP contribution in [-0.2, 0) is 19.1 Å². The lowest BCUT2D eigenvalue weighted by atomic mass is 9.87. The van der Waals surface area contributed by atoms with Crippen LogP contribution >= 0.6 is 0 Å². The van der Waals surface area contributed by atoms with Crippen molar-refractivity contribution in [3.8, 4) is 0 Å². The van der Waals surface area contributed by atoms with E-state index in [1.54, 1.807) is 52.8 Å². The van der Waals surface area contributed by atoms with Gasteiger partial charge in [-0.3, -0.25) is 14.4 Å². The molecule has 0 aliphatic rings.